The van der Waals surface area contributed by atoms with E-state index in [0.29, 0.717) is 10.0 Å². The van der Waals surface area contributed by atoms with Gasteiger partial charge in [0.1, 0.15) is 0 Å². The standard InChI is InChI=1S/C13H12Cl3NS/c14-11-3-1-9(7-12(11)15)8-17-6-5-10-2-4-13(16)18-10/h1-4,7,17H,5-6,8H2. The Hall–Kier alpha value is -0.250. The van der Waals surface area contributed by atoms with Crippen LogP contribution in [0.4, 0.5) is 0 Å². The van der Waals surface area contributed by atoms with Crippen LogP contribution in [0, 0.1) is 0 Å². The summed E-state index contributed by atoms with van der Waals surface area (Å²) in [6.07, 6.45) is 0.985. The minimum Gasteiger partial charge on any atom is -0.312 e. The van der Waals surface area contributed by atoms with Gasteiger partial charge in [-0.25, -0.2) is 0 Å². The summed E-state index contributed by atoms with van der Waals surface area (Å²) in [5, 5.41) is 4.56. The molecule has 1 nitrogen and oxygen atoms in total. The smallest absolute Gasteiger partial charge is 0.0931 e. The average molecular weight is 321 g/mol. The van der Waals surface area contributed by atoms with E-state index in [4.69, 9.17) is 34.8 Å². The van der Waals surface area contributed by atoms with E-state index in [2.05, 4.69) is 11.4 Å². The lowest BCUT2D eigenvalue weighted by Crippen LogP contribution is -2.16. The third-order valence-electron chi connectivity index (χ3n) is 2.49. The summed E-state index contributed by atoms with van der Waals surface area (Å²) in [4.78, 5) is 1.29. The molecule has 1 heterocycles. The topological polar surface area (TPSA) is 12.0 Å². The van der Waals surface area contributed by atoms with Crippen LogP contribution < -0.4 is 5.32 Å². The van der Waals surface area contributed by atoms with Crippen LogP contribution in [0.5, 0.6) is 0 Å². The second-order valence-corrected chi connectivity index (χ2v) is 6.50. The van der Waals surface area contributed by atoms with E-state index in [1.807, 2.05) is 24.3 Å². The van der Waals surface area contributed by atoms with Gasteiger partial charge < -0.3 is 5.32 Å². The van der Waals surface area contributed by atoms with Crippen molar-refractivity contribution in [1.82, 2.24) is 5.32 Å². The van der Waals surface area contributed by atoms with Crippen LogP contribution in [-0.4, -0.2) is 6.54 Å². The van der Waals surface area contributed by atoms with Gasteiger partial charge in [-0.05, 0) is 36.2 Å². The lowest BCUT2D eigenvalue weighted by Gasteiger charge is -2.05. The SMILES string of the molecule is Clc1ccc(CCNCc2ccc(Cl)c(Cl)c2)s1. The predicted octanol–water partition coefficient (Wildman–Crippen LogP) is 5.04. The molecule has 0 amide bonds. The number of hydrogen-bond acceptors (Lipinski definition) is 2. The predicted molar refractivity (Wildman–Crippen MR) is 81.2 cm³/mol. The van der Waals surface area contributed by atoms with Gasteiger partial charge in [-0.2, -0.15) is 0 Å². The van der Waals surface area contributed by atoms with Crippen LogP contribution in [0.15, 0.2) is 30.3 Å². The lowest BCUT2D eigenvalue weighted by atomic mass is 10.2. The Bertz CT molecular complexity index is 525. The Balaban J connectivity index is 1.76. The van der Waals surface area contributed by atoms with Crippen molar-refractivity contribution in [2.45, 2.75) is 13.0 Å². The van der Waals surface area contributed by atoms with Crippen molar-refractivity contribution in [1.29, 1.82) is 0 Å². The molecular formula is C13H12Cl3NS. The van der Waals surface area contributed by atoms with E-state index >= 15 is 0 Å². The van der Waals surface area contributed by atoms with Crippen LogP contribution in [-0.2, 0) is 13.0 Å². The van der Waals surface area contributed by atoms with E-state index in [-0.39, 0.29) is 0 Å². The molecule has 1 aromatic carbocycles. The summed E-state index contributed by atoms with van der Waals surface area (Å²) < 4.78 is 0.842. The van der Waals surface area contributed by atoms with E-state index in [1.165, 1.54) is 4.88 Å². The van der Waals surface area contributed by atoms with E-state index < -0.39 is 0 Å². The first-order valence-electron chi connectivity index (χ1n) is 5.54. The zero-order valence-corrected chi connectivity index (χ0v) is 12.6. The van der Waals surface area contributed by atoms with Gasteiger partial charge in [0.25, 0.3) is 0 Å². The average Bonchev–Trinajstić information content (AvgIpc) is 2.75. The van der Waals surface area contributed by atoms with Crippen LogP contribution in [0.3, 0.4) is 0 Å². The first-order valence-corrected chi connectivity index (χ1v) is 7.49. The van der Waals surface area contributed by atoms with Gasteiger partial charge in [0, 0.05) is 18.0 Å². The summed E-state index contributed by atoms with van der Waals surface area (Å²) in [7, 11) is 0. The van der Waals surface area contributed by atoms with Crippen LogP contribution in [0.25, 0.3) is 0 Å². The maximum absolute atomic E-state index is 5.95. The van der Waals surface area contributed by atoms with Gasteiger partial charge >= 0.3 is 0 Å². The summed E-state index contributed by atoms with van der Waals surface area (Å²) in [6, 6.07) is 9.68. The number of thiophene rings is 1. The molecule has 1 N–H and O–H groups in total. The van der Waals surface area contributed by atoms with Gasteiger partial charge in [-0.1, -0.05) is 40.9 Å². The highest BCUT2D eigenvalue weighted by atomic mass is 35.5. The van der Waals surface area contributed by atoms with E-state index in [1.54, 1.807) is 11.3 Å². The fraction of sp³-hybridized carbons (Fsp3) is 0.231. The Morgan fingerprint density at radius 3 is 2.50 bits per heavy atom. The van der Waals surface area contributed by atoms with Gasteiger partial charge in [0.2, 0.25) is 0 Å². The molecule has 0 atom stereocenters. The second-order valence-electron chi connectivity index (χ2n) is 3.88. The molecular weight excluding hydrogens is 309 g/mol. The van der Waals surface area contributed by atoms with Gasteiger partial charge in [-0.3, -0.25) is 0 Å². The van der Waals surface area contributed by atoms with E-state index in [0.717, 1.165) is 29.4 Å². The minimum atomic E-state index is 0.591. The summed E-state index contributed by atoms with van der Waals surface area (Å²) >= 11 is 19.3. The van der Waals surface area contributed by atoms with Crippen LogP contribution in [0.2, 0.25) is 14.4 Å². The molecule has 0 saturated heterocycles. The molecule has 0 aliphatic rings. The molecule has 2 aromatic rings. The highest BCUT2D eigenvalue weighted by Gasteiger charge is 2.00. The number of hydrogen-bond donors (Lipinski definition) is 1. The zero-order valence-electron chi connectivity index (χ0n) is 9.55. The number of nitrogens with one attached hydrogen (secondary N) is 1. The minimum absolute atomic E-state index is 0.591. The normalized spacial score (nSPS) is 10.8. The third-order valence-corrected chi connectivity index (χ3v) is 4.52. The largest absolute Gasteiger partial charge is 0.312 e. The Labute approximate surface area is 126 Å². The van der Waals surface area contributed by atoms with Gasteiger partial charge in [0.15, 0.2) is 0 Å². The molecule has 0 unspecified atom stereocenters. The van der Waals surface area contributed by atoms with Crippen molar-refractivity contribution in [2.24, 2.45) is 0 Å². The number of benzene rings is 1. The summed E-state index contributed by atoms with van der Waals surface area (Å²) in [6.45, 7) is 1.70. The molecule has 0 spiro atoms. The molecule has 0 aliphatic heterocycles. The maximum atomic E-state index is 5.95. The lowest BCUT2D eigenvalue weighted by molar-refractivity contribution is 0.691. The third kappa shape index (κ3) is 4.15. The quantitative estimate of drug-likeness (QED) is 0.761. The Kier molecular flexibility index (Phi) is 5.34. The molecule has 0 radical (unpaired) electrons. The highest BCUT2D eigenvalue weighted by Crippen LogP contribution is 2.23. The van der Waals surface area contributed by atoms with Gasteiger partial charge in [0.05, 0.1) is 14.4 Å². The van der Waals surface area contributed by atoms with Crippen molar-refractivity contribution in [3.8, 4) is 0 Å². The van der Waals surface area contributed by atoms with Crippen LogP contribution in [0.1, 0.15) is 10.4 Å². The molecule has 5 heteroatoms. The molecule has 0 aliphatic carbocycles. The Morgan fingerprint density at radius 1 is 1.00 bits per heavy atom. The Morgan fingerprint density at radius 2 is 1.83 bits per heavy atom. The maximum Gasteiger partial charge on any atom is 0.0931 e. The van der Waals surface area contributed by atoms with Crippen molar-refractivity contribution in [3.05, 3.63) is 55.2 Å². The second kappa shape index (κ2) is 6.78. The molecule has 2 rings (SSSR count). The highest BCUT2D eigenvalue weighted by molar-refractivity contribution is 7.16. The molecule has 1 aromatic heterocycles. The fourth-order valence-corrected chi connectivity index (χ4v) is 2.99. The van der Waals surface area contributed by atoms with Crippen molar-refractivity contribution in [2.75, 3.05) is 6.54 Å². The first kappa shape index (κ1) is 14.2. The molecule has 0 saturated carbocycles. The monoisotopic (exact) mass is 319 g/mol. The molecule has 0 bridgehead atoms. The summed E-state index contributed by atoms with van der Waals surface area (Å²) in [5.41, 5.74) is 1.13. The zero-order chi connectivity index (χ0) is 13.0. The number of rotatable bonds is 5. The van der Waals surface area contributed by atoms with Crippen molar-refractivity contribution >= 4 is 46.1 Å². The number of halogens is 3. The first-order chi connectivity index (χ1) is 8.65. The van der Waals surface area contributed by atoms with Crippen LogP contribution >= 0.6 is 46.1 Å². The molecule has 0 fully saturated rings. The fourth-order valence-electron chi connectivity index (χ4n) is 1.58. The molecule has 18 heavy (non-hydrogen) atoms. The summed E-state index contributed by atoms with van der Waals surface area (Å²) in [5.74, 6) is 0. The van der Waals surface area contributed by atoms with Gasteiger partial charge in [-0.15, -0.1) is 11.3 Å². The van der Waals surface area contributed by atoms with Crippen molar-refractivity contribution in [3.63, 3.8) is 0 Å². The van der Waals surface area contributed by atoms with E-state index in [9.17, 15) is 0 Å². The molecule has 96 valence electrons. The van der Waals surface area contributed by atoms with Crippen molar-refractivity contribution < 1.29 is 0 Å².